The van der Waals surface area contributed by atoms with Gasteiger partial charge in [0.2, 0.25) is 33.0 Å². The number of azo groups is 2. The summed E-state index contributed by atoms with van der Waals surface area (Å²) in [6.07, 6.45) is 0. The summed E-state index contributed by atoms with van der Waals surface area (Å²) in [7, 11) is -25.7. The second kappa shape index (κ2) is 33.4. The van der Waals surface area contributed by atoms with E-state index in [1.165, 1.54) is 57.2 Å². The van der Waals surface area contributed by atoms with E-state index < -0.39 is 92.2 Å². The largest absolute Gasteiger partial charge is 1.00 e. The number of aromatic nitrogens is 6. The fourth-order valence-corrected chi connectivity index (χ4v) is 13.1. The van der Waals surface area contributed by atoms with Crippen molar-refractivity contribution >= 4 is 164 Å². The molecule has 0 radical (unpaired) electrons. The monoisotopic (exact) mass is 1490 g/mol. The molecule has 45 heteroatoms. The van der Waals surface area contributed by atoms with Gasteiger partial charge in [-0.25, -0.2) is 45.2 Å². The van der Waals surface area contributed by atoms with Crippen LogP contribution in [0.2, 0.25) is 10.6 Å². The molecule has 0 bridgehead atoms. The number of H-pyrrole nitrogens is 4. The molecule has 2 aromatic heterocycles. The van der Waals surface area contributed by atoms with Crippen LogP contribution in [0, 0.1) is 20.8 Å². The van der Waals surface area contributed by atoms with Crippen molar-refractivity contribution in [3.8, 4) is 0 Å². The van der Waals surface area contributed by atoms with Gasteiger partial charge in [-0.15, -0.1) is 10.2 Å². The van der Waals surface area contributed by atoms with Gasteiger partial charge in [-0.05, 0) is 154 Å². The van der Waals surface area contributed by atoms with Gasteiger partial charge in [0, 0.05) is 27.1 Å². The normalized spacial score (nSPS) is 13.4. The number of halogens is 2. The molecule has 96 heavy (non-hydrogen) atoms. The summed E-state index contributed by atoms with van der Waals surface area (Å²) in [5.74, 6) is -1.46. The quantitative estimate of drug-likeness (QED) is 0.0182. The van der Waals surface area contributed by atoms with Crippen molar-refractivity contribution in [2.75, 3.05) is 0 Å². The third-order valence-electron chi connectivity index (χ3n) is 12.5. The van der Waals surface area contributed by atoms with Crippen LogP contribution < -0.4 is 180 Å². The maximum atomic E-state index is 13.1. The van der Waals surface area contributed by atoms with E-state index >= 15 is 0 Å². The Morgan fingerprint density at radius 2 is 0.802 bits per heavy atom. The SMILES string of the molecule is CC([O-])=Nc1cc(N=c2nc(Cl)[nH]c(=Nc3c(C)c(N=c4[nH]c(Cl)nc(=Nc5ccc(N=Nc6cc(S(=O)(=O)O)c7cccc(S(=O)(=O)[O-])c7c6)c(N=C(C)[O-])c5)[nH]4)c(C)c(S(=O)(=O)O)c3C)[nH]2)ccc1N=Nc1cc(S(=O)(=O)[O-])c2cccc(S(=O)(=O)[O-])c2c1.[Na+].[Na+].[Na+].[Na+].[Na+]. The molecule has 0 saturated heterocycles. The third-order valence-corrected chi connectivity index (χ3v) is 17.5. The number of rotatable bonds is 15. The number of nitrogens with zero attached hydrogens (tertiary/aromatic N) is 12. The molecule has 7 aromatic carbocycles. The second-order valence-corrected chi connectivity index (χ2v) is 26.4. The fraction of sp³-hybridized carbons (Fsp3) is 0.0980. The molecule has 0 aliphatic rings. The Hall–Kier alpha value is -4.45. The molecule has 9 rings (SSSR count). The molecule has 9 aromatic rings. The molecule has 0 aliphatic heterocycles. The summed E-state index contributed by atoms with van der Waals surface area (Å²) < 4.78 is 181. The molecular weight excluding hydrogens is 1450 g/mol. The van der Waals surface area contributed by atoms with Gasteiger partial charge < -0.3 is 33.8 Å². The van der Waals surface area contributed by atoms with E-state index in [2.05, 4.69) is 80.3 Å². The Kier molecular flexibility index (Phi) is 29.2. The van der Waals surface area contributed by atoms with Gasteiger partial charge in [0.05, 0.1) is 60.2 Å². The summed E-state index contributed by atoms with van der Waals surface area (Å²) in [6, 6.07) is 17.8. The van der Waals surface area contributed by atoms with E-state index in [1.807, 2.05) is 0 Å². The molecule has 0 aliphatic carbocycles. The zero-order valence-corrected chi connectivity index (χ0v) is 67.0. The van der Waals surface area contributed by atoms with Crippen molar-refractivity contribution in [1.29, 1.82) is 0 Å². The Morgan fingerprint density at radius 3 is 1.16 bits per heavy atom. The predicted octanol–water partition coefficient (Wildman–Crippen LogP) is -8.87. The summed E-state index contributed by atoms with van der Waals surface area (Å²) in [5, 5.41) is 38.5. The smallest absolute Gasteiger partial charge is 0.862 e. The molecule has 0 fully saturated rings. The van der Waals surface area contributed by atoms with Gasteiger partial charge >= 0.3 is 148 Å². The topological polar surface area (TPSA) is 539 Å². The average Bonchev–Trinajstić information content (AvgIpc) is 0.772. The molecule has 0 unspecified atom stereocenters. The van der Waals surface area contributed by atoms with Crippen LogP contribution in [0.3, 0.4) is 0 Å². The van der Waals surface area contributed by atoms with Crippen molar-refractivity contribution in [2.45, 2.75) is 59.1 Å². The van der Waals surface area contributed by atoms with Crippen LogP contribution in [0.25, 0.3) is 21.5 Å². The van der Waals surface area contributed by atoms with Crippen LogP contribution >= 0.6 is 23.2 Å². The molecule has 0 atom stereocenters. The van der Waals surface area contributed by atoms with Crippen LogP contribution in [0.4, 0.5) is 56.9 Å². The number of fused-ring (bicyclic) bond motifs is 2. The number of aromatic amines is 4. The van der Waals surface area contributed by atoms with Crippen molar-refractivity contribution in [2.24, 2.45) is 50.4 Å². The summed E-state index contributed by atoms with van der Waals surface area (Å²) in [4.78, 5) is 41.1. The van der Waals surface area contributed by atoms with E-state index in [-0.39, 0.29) is 271 Å². The van der Waals surface area contributed by atoms with Crippen molar-refractivity contribution < 1.29 is 223 Å². The van der Waals surface area contributed by atoms with E-state index in [0.717, 1.165) is 74.5 Å². The average molecular weight is 1490 g/mol. The number of hydrogen-bond acceptors (Lipinski definition) is 27. The number of aliphatic imine (C=N–C) groups is 2. The molecule has 472 valence electrons. The predicted molar refractivity (Wildman–Crippen MR) is 316 cm³/mol. The first-order chi connectivity index (χ1) is 42.4. The first-order valence-electron chi connectivity index (χ1n) is 25.0. The standard InChI is InChI=1S/C51H42Cl2N16O17S5.5Na/c1-22-43(58-50-62-46(52)60-48(64-50)56-27-12-14-35(37(18-27)54-25(4)70)68-66-29-16-33-31(41(20-29)89(78,79)80)8-6-10-39(33)87(72,73)74)23(2)45(91(84,85)86)24(3)44(22)59-51-63-47(53)61-49(65-51)57-28-13-15-36(38(19-28)55-26(5)71)69-67-30-17-34-32(42(21-30)90(81,82)83)9-7-11-40(34)88(75,76)77;;;;;/h6-21H,1-5H3,(H,54,70)(H,55,71)(H,72,73,74)(H,75,76,77)(H,78,79,80)(H,81,82,83)(H,84,85,86)(H2,56,58,60,62,64)(H2,57,59,61,63,65);;;;;/q;5*+1/p-5. The minimum absolute atomic E-state index is 0. The second-order valence-electron chi connectivity index (χ2n) is 18.9. The maximum Gasteiger partial charge on any atom is 1.00 e. The van der Waals surface area contributed by atoms with Gasteiger partial charge in [-0.1, -0.05) is 24.3 Å². The Morgan fingerprint density at radius 1 is 0.427 bits per heavy atom. The number of nitrogens with one attached hydrogen (secondary N) is 4. The fourth-order valence-electron chi connectivity index (χ4n) is 9.01. The summed E-state index contributed by atoms with van der Waals surface area (Å²) >= 11 is 12.8. The molecular formula is C51H37Cl2N16Na5O17S5. The Bertz CT molecular complexity index is 5350. The Balaban J connectivity index is 0.00000392. The minimum Gasteiger partial charge on any atom is -0.862 e. The number of benzene rings is 7. The van der Waals surface area contributed by atoms with Crippen molar-refractivity contribution in [3.63, 3.8) is 0 Å². The van der Waals surface area contributed by atoms with Gasteiger partial charge in [0.15, 0.2) is 0 Å². The first-order valence-corrected chi connectivity index (χ1v) is 32.8. The van der Waals surface area contributed by atoms with Crippen LogP contribution in [0.5, 0.6) is 0 Å². The maximum absolute atomic E-state index is 13.1. The third kappa shape index (κ3) is 20.4. The van der Waals surface area contributed by atoms with Gasteiger partial charge in [-0.3, -0.25) is 29.1 Å². The van der Waals surface area contributed by atoms with Crippen LogP contribution in [0.1, 0.15) is 30.5 Å². The molecule has 0 amide bonds. The first kappa shape index (κ1) is 84.0. The summed E-state index contributed by atoms with van der Waals surface area (Å²) in [5.41, 5.74) is -2.36. The van der Waals surface area contributed by atoms with Crippen molar-refractivity contribution in [3.05, 3.63) is 147 Å². The van der Waals surface area contributed by atoms with Crippen LogP contribution in [0.15, 0.2) is 172 Å². The van der Waals surface area contributed by atoms with Gasteiger partial charge in [0.25, 0.3) is 20.2 Å². The van der Waals surface area contributed by atoms with E-state index in [1.54, 1.807) is 0 Å². The van der Waals surface area contributed by atoms with E-state index in [0.29, 0.717) is 0 Å². The summed E-state index contributed by atoms with van der Waals surface area (Å²) in [6.45, 7) is 6.41. The van der Waals surface area contributed by atoms with Crippen LogP contribution in [-0.4, -0.2) is 107 Å². The van der Waals surface area contributed by atoms with E-state index in [4.69, 9.17) is 23.2 Å². The van der Waals surface area contributed by atoms with Crippen LogP contribution in [-0.2, 0) is 50.6 Å². The zero-order chi connectivity index (χ0) is 66.4. The molecule has 6 N–H and O–H groups in total. The van der Waals surface area contributed by atoms with E-state index in [9.17, 15) is 75.1 Å². The van der Waals surface area contributed by atoms with Gasteiger partial charge in [-0.2, -0.15) is 37.0 Å². The molecule has 0 spiro atoms. The van der Waals surface area contributed by atoms with Gasteiger partial charge in [0.1, 0.15) is 51.5 Å². The number of hydrogen-bond donors (Lipinski definition) is 6. The molecule has 0 saturated carbocycles. The Labute approximate surface area is 664 Å². The zero-order valence-electron chi connectivity index (χ0n) is 51.4. The minimum atomic E-state index is -5.28. The molecule has 2 heterocycles. The van der Waals surface area contributed by atoms with Crippen molar-refractivity contribution in [1.82, 2.24) is 29.9 Å². The molecule has 33 nitrogen and oxygen atoms in total.